The zero-order valence-electron chi connectivity index (χ0n) is 17.8. The van der Waals surface area contributed by atoms with Gasteiger partial charge in [0.2, 0.25) is 0 Å². The summed E-state index contributed by atoms with van der Waals surface area (Å²) in [6, 6.07) is 9.52. The third kappa shape index (κ3) is 4.75. The number of ether oxygens (including phenoxy) is 1. The Morgan fingerprint density at radius 2 is 1.94 bits per heavy atom. The standard InChI is InChI=1S/C22H21BrFN7O/c1-4-32-22-28-19(26-13-30(2)3)18-21(29-22)31(12-14-5-7-16(23)8-6-14)20(27-18)15-9-17(24)11-25-10-15/h5-11,13H,4,12H2,1-3H3. The number of benzene rings is 1. The summed E-state index contributed by atoms with van der Waals surface area (Å²) in [5.41, 5.74) is 2.58. The molecule has 0 unspecified atom stereocenters. The van der Waals surface area contributed by atoms with Gasteiger partial charge in [-0.15, -0.1) is 0 Å². The average molecular weight is 498 g/mol. The van der Waals surface area contributed by atoms with Gasteiger partial charge in [0.05, 0.1) is 25.7 Å². The molecule has 0 fully saturated rings. The van der Waals surface area contributed by atoms with Crippen LogP contribution >= 0.6 is 15.9 Å². The van der Waals surface area contributed by atoms with Crippen LogP contribution < -0.4 is 4.74 Å². The van der Waals surface area contributed by atoms with Crippen LogP contribution in [0.25, 0.3) is 22.6 Å². The summed E-state index contributed by atoms with van der Waals surface area (Å²) in [6.07, 6.45) is 4.36. The Labute approximate surface area is 193 Å². The van der Waals surface area contributed by atoms with Crippen molar-refractivity contribution in [3.05, 3.63) is 58.6 Å². The topological polar surface area (TPSA) is 81.3 Å². The van der Waals surface area contributed by atoms with Crippen molar-refractivity contribution < 1.29 is 9.13 Å². The van der Waals surface area contributed by atoms with Gasteiger partial charge in [-0.05, 0) is 30.7 Å². The normalized spacial score (nSPS) is 11.4. The molecule has 0 radical (unpaired) electrons. The van der Waals surface area contributed by atoms with Crippen molar-refractivity contribution in [3.8, 4) is 17.4 Å². The molecule has 0 aliphatic heterocycles. The predicted molar refractivity (Wildman–Crippen MR) is 125 cm³/mol. The van der Waals surface area contributed by atoms with Gasteiger partial charge in [-0.2, -0.15) is 9.97 Å². The van der Waals surface area contributed by atoms with E-state index in [0.717, 1.165) is 16.2 Å². The van der Waals surface area contributed by atoms with Crippen molar-refractivity contribution in [1.29, 1.82) is 0 Å². The molecular formula is C22H21BrFN7O. The van der Waals surface area contributed by atoms with Crippen molar-refractivity contribution >= 4 is 39.3 Å². The first-order chi connectivity index (χ1) is 15.4. The molecule has 0 spiro atoms. The van der Waals surface area contributed by atoms with Crippen LogP contribution in [0.3, 0.4) is 0 Å². The van der Waals surface area contributed by atoms with Crippen LogP contribution in [0.1, 0.15) is 12.5 Å². The zero-order valence-corrected chi connectivity index (χ0v) is 19.4. The molecule has 4 aromatic rings. The van der Waals surface area contributed by atoms with Crippen molar-refractivity contribution in [2.45, 2.75) is 13.5 Å². The number of pyridine rings is 1. The molecule has 0 saturated carbocycles. The lowest BCUT2D eigenvalue weighted by molar-refractivity contribution is 0.314. The first kappa shape index (κ1) is 21.8. The first-order valence-corrected chi connectivity index (χ1v) is 10.7. The molecule has 0 amide bonds. The Morgan fingerprint density at radius 1 is 1.16 bits per heavy atom. The second-order valence-corrected chi connectivity index (χ2v) is 8.10. The molecule has 3 aromatic heterocycles. The number of rotatable bonds is 7. The number of hydrogen-bond donors (Lipinski definition) is 0. The quantitative estimate of drug-likeness (QED) is 0.277. The van der Waals surface area contributed by atoms with E-state index < -0.39 is 5.82 Å². The molecule has 0 aliphatic rings. The smallest absolute Gasteiger partial charge is 0.320 e. The van der Waals surface area contributed by atoms with Crippen molar-refractivity contribution in [2.75, 3.05) is 20.7 Å². The number of aliphatic imine (C=N–C) groups is 1. The molecule has 0 saturated heterocycles. The highest BCUT2D eigenvalue weighted by Gasteiger charge is 2.20. The summed E-state index contributed by atoms with van der Waals surface area (Å²) in [7, 11) is 3.72. The third-order valence-electron chi connectivity index (χ3n) is 4.46. The minimum atomic E-state index is -0.448. The highest BCUT2D eigenvalue weighted by molar-refractivity contribution is 9.10. The fourth-order valence-electron chi connectivity index (χ4n) is 3.10. The fourth-order valence-corrected chi connectivity index (χ4v) is 3.36. The Bertz CT molecular complexity index is 1270. The molecule has 3 heterocycles. The highest BCUT2D eigenvalue weighted by Crippen LogP contribution is 2.31. The number of nitrogens with zero attached hydrogens (tertiary/aromatic N) is 7. The predicted octanol–water partition coefficient (Wildman–Crippen LogP) is 4.46. The van der Waals surface area contributed by atoms with Gasteiger partial charge in [-0.25, -0.2) is 14.4 Å². The molecule has 1 aromatic carbocycles. The van der Waals surface area contributed by atoms with Crippen LogP contribution in [0, 0.1) is 5.82 Å². The maximum absolute atomic E-state index is 14.0. The number of hydrogen-bond acceptors (Lipinski definition) is 6. The lowest BCUT2D eigenvalue weighted by Crippen LogP contribution is -2.07. The van der Waals surface area contributed by atoms with Gasteiger partial charge < -0.3 is 14.2 Å². The Balaban J connectivity index is 1.97. The maximum Gasteiger partial charge on any atom is 0.320 e. The molecule has 32 heavy (non-hydrogen) atoms. The monoisotopic (exact) mass is 497 g/mol. The van der Waals surface area contributed by atoms with Crippen LogP contribution in [-0.4, -0.2) is 56.4 Å². The van der Waals surface area contributed by atoms with E-state index in [2.05, 4.69) is 35.9 Å². The fraction of sp³-hybridized carbons (Fsp3) is 0.227. The minimum Gasteiger partial charge on any atom is -0.464 e. The summed E-state index contributed by atoms with van der Waals surface area (Å²) in [5, 5.41) is 0. The average Bonchev–Trinajstić information content (AvgIpc) is 3.12. The summed E-state index contributed by atoms with van der Waals surface area (Å²) in [6.45, 7) is 2.72. The number of halogens is 2. The van der Waals surface area contributed by atoms with E-state index in [9.17, 15) is 4.39 Å². The number of aromatic nitrogens is 5. The minimum absolute atomic E-state index is 0.201. The summed E-state index contributed by atoms with van der Waals surface area (Å²) < 4.78 is 22.4. The van der Waals surface area contributed by atoms with E-state index in [1.165, 1.54) is 6.07 Å². The van der Waals surface area contributed by atoms with E-state index in [-0.39, 0.29) is 6.01 Å². The van der Waals surface area contributed by atoms with Gasteiger partial charge in [0.15, 0.2) is 17.0 Å². The van der Waals surface area contributed by atoms with E-state index in [4.69, 9.17) is 9.72 Å². The lowest BCUT2D eigenvalue weighted by atomic mass is 10.2. The second kappa shape index (κ2) is 9.39. The molecule has 4 rings (SSSR count). The van der Waals surface area contributed by atoms with Gasteiger partial charge in [-0.3, -0.25) is 4.98 Å². The number of imidazole rings is 1. The molecular weight excluding hydrogens is 477 g/mol. The van der Waals surface area contributed by atoms with Crippen molar-refractivity contribution in [2.24, 2.45) is 4.99 Å². The molecule has 0 aliphatic carbocycles. The zero-order chi connectivity index (χ0) is 22.7. The maximum atomic E-state index is 14.0. The van der Waals surface area contributed by atoms with Gasteiger partial charge in [0, 0.05) is 30.3 Å². The summed E-state index contributed by atoms with van der Waals surface area (Å²) in [4.78, 5) is 24.0. The van der Waals surface area contributed by atoms with E-state index in [0.29, 0.717) is 41.5 Å². The highest BCUT2D eigenvalue weighted by atomic mass is 79.9. The molecule has 164 valence electrons. The second-order valence-electron chi connectivity index (χ2n) is 7.18. The van der Waals surface area contributed by atoms with E-state index in [1.807, 2.05) is 49.9 Å². The molecule has 8 nitrogen and oxygen atoms in total. The molecule has 0 bridgehead atoms. The van der Waals surface area contributed by atoms with E-state index >= 15 is 0 Å². The lowest BCUT2D eigenvalue weighted by Gasteiger charge is -2.10. The van der Waals surface area contributed by atoms with Crippen LogP contribution in [-0.2, 0) is 6.54 Å². The Hall–Kier alpha value is -3.40. The van der Waals surface area contributed by atoms with Crippen molar-refractivity contribution in [1.82, 2.24) is 29.4 Å². The van der Waals surface area contributed by atoms with Gasteiger partial charge in [0.25, 0.3) is 0 Å². The van der Waals surface area contributed by atoms with Crippen molar-refractivity contribution in [3.63, 3.8) is 0 Å². The van der Waals surface area contributed by atoms with Crippen LogP contribution in [0.4, 0.5) is 10.2 Å². The largest absolute Gasteiger partial charge is 0.464 e. The SMILES string of the molecule is CCOc1nc(N=CN(C)C)c2nc(-c3cncc(F)c3)n(Cc3ccc(Br)cc3)c2n1. The first-order valence-electron chi connectivity index (χ1n) is 9.91. The van der Waals surface area contributed by atoms with Gasteiger partial charge >= 0.3 is 6.01 Å². The van der Waals surface area contributed by atoms with Crippen LogP contribution in [0.5, 0.6) is 6.01 Å². The van der Waals surface area contributed by atoms with Crippen LogP contribution in [0.2, 0.25) is 0 Å². The van der Waals surface area contributed by atoms with Gasteiger partial charge in [0.1, 0.15) is 11.6 Å². The van der Waals surface area contributed by atoms with Crippen LogP contribution in [0.15, 0.2) is 52.2 Å². The number of fused-ring (bicyclic) bond motifs is 1. The van der Waals surface area contributed by atoms with Gasteiger partial charge in [-0.1, -0.05) is 28.1 Å². The molecule has 0 N–H and O–H groups in total. The Morgan fingerprint density at radius 3 is 2.62 bits per heavy atom. The Kier molecular flexibility index (Phi) is 6.40. The summed E-state index contributed by atoms with van der Waals surface area (Å²) >= 11 is 3.46. The summed E-state index contributed by atoms with van der Waals surface area (Å²) in [5.74, 6) is 0.433. The third-order valence-corrected chi connectivity index (χ3v) is 4.99. The molecule has 0 atom stereocenters. The molecule has 10 heteroatoms. The van der Waals surface area contributed by atoms with E-state index in [1.54, 1.807) is 17.4 Å².